The lowest BCUT2D eigenvalue weighted by atomic mass is 10.2. The summed E-state index contributed by atoms with van der Waals surface area (Å²) in [6, 6.07) is 9.54. The second kappa shape index (κ2) is 11.0. The summed E-state index contributed by atoms with van der Waals surface area (Å²) in [5.74, 6) is -0.586. The third-order valence-corrected chi connectivity index (χ3v) is 4.47. The van der Waals surface area contributed by atoms with Crippen molar-refractivity contribution in [3.8, 4) is 6.07 Å². The molecule has 1 fully saturated rings. The van der Waals surface area contributed by atoms with Crippen molar-refractivity contribution in [2.24, 2.45) is 0 Å². The number of hydrogen-bond donors (Lipinski definition) is 0. The monoisotopic (exact) mass is 385 g/mol. The van der Waals surface area contributed by atoms with E-state index in [4.69, 9.17) is 5.26 Å². The Labute approximate surface area is 166 Å². The molecule has 0 aromatic heterocycles. The number of aryl methyl sites for hydroxylation is 1. The average Bonchev–Trinajstić information content (AvgIpc) is 3.49. The lowest BCUT2D eigenvalue weighted by molar-refractivity contribution is -0.141. The fraction of sp³-hybridized carbons (Fsp3) is 0.429. The molecule has 1 aromatic carbocycles. The van der Waals surface area contributed by atoms with Gasteiger partial charge in [-0.2, -0.15) is 5.26 Å². The first-order valence-corrected chi connectivity index (χ1v) is 8.94. The number of carbonyl (C=O) groups is 3. The van der Waals surface area contributed by atoms with E-state index in [-0.39, 0.29) is 18.4 Å². The first-order chi connectivity index (χ1) is 13.3. The minimum absolute atomic E-state index is 0.153. The molecule has 150 valence electrons. The highest BCUT2D eigenvalue weighted by molar-refractivity contribution is 5.91. The van der Waals surface area contributed by atoms with Crippen molar-refractivity contribution in [1.82, 2.24) is 9.80 Å². The van der Waals surface area contributed by atoms with Crippen LogP contribution in [0.4, 0.5) is 0 Å². The van der Waals surface area contributed by atoms with Crippen LogP contribution in [0.1, 0.15) is 24.0 Å². The Balaban J connectivity index is 0.000000362. The van der Waals surface area contributed by atoms with E-state index in [9.17, 15) is 14.4 Å². The van der Waals surface area contributed by atoms with E-state index in [0.29, 0.717) is 25.9 Å². The maximum absolute atomic E-state index is 11.8. The Kier molecular flexibility index (Phi) is 9.06. The van der Waals surface area contributed by atoms with Gasteiger partial charge in [0.25, 0.3) is 0 Å². The van der Waals surface area contributed by atoms with Gasteiger partial charge in [-0.1, -0.05) is 24.3 Å². The maximum atomic E-state index is 11.8. The number of amides is 1. The van der Waals surface area contributed by atoms with E-state index in [1.165, 1.54) is 23.6 Å². The van der Waals surface area contributed by atoms with Crippen molar-refractivity contribution >= 4 is 18.2 Å². The van der Waals surface area contributed by atoms with E-state index in [0.717, 1.165) is 11.8 Å². The number of carbonyl (C=O) groups excluding carboxylic acids is 3. The van der Waals surface area contributed by atoms with Crippen LogP contribution in [0.25, 0.3) is 0 Å². The van der Waals surface area contributed by atoms with Crippen molar-refractivity contribution in [2.45, 2.75) is 25.3 Å². The first kappa shape index (κ1) is 23.1. The summed E-state index contributed by atoms with van der Waals surface area (Å²) >= 11 is 0. The number of methoxy groups -OCH3 is 1. The van der Waals surface area contributed by atoms with Gasteiger partial charge in [-0.05, 0) is 45.0 Å². The fourth-order valence-electron chi connectivity index (χ4n) is 2.50. The van der Waals surface area contributed by atoms with Crippen LogP contribution in [0.5, 0.6) is 0 Å². The molecule has 0 N–H and O–H groups in total. The van der Waals surface area contributed by atoms with Gasteiger partial charge in [0, 0.05) is 13.1 Å². The molecule has 7 heteroatoms. The molecule has 0 unspecified atom stereocenters. The van der Waals surface area contributed by atoms with Gasteiger partial charge in [-0.3, -0.25) is 14.5 Å². The summed E-state index contributed by atoms with van der Waals surface area (Å²) in [5, 5.41) is 8.38. The molecule has 0 radical (unpaired) electrons. The summed E-state index contributed by atoms with van der Waals surface area (Å²) in [6.07, 6.45) is 3.42. The molecule has 28 heavy (non-hydrogen) atoms. The molecule has 0 bridgehead atoms. The van der Waals surface area contributed by atoms with Crippen LogP contribution in [0.2, 0.25) is 0 Å². The zero-order valence-corrected chi connectivity index (χ0v) is 16.7. The molecule has 0 atom stereocenters. The fourth-order valence-corrected chi connectivity index (χ4v) is 2.50. The van der Waals surface area contributed by atoms with Crippen LogP contribution < -0.4 is 0 Å². The zero-order chi connectivity index (χ0) is 21.2. The molecule has 1 amide bonds. The highest BCUT2D eigenvalue weighted by Gasteiger charge is 2.49. The molecule has 0 spiro atoms. The normalized spacial score (nSPS) is 13.4. The summed E-state index contributed by atoms with van der Waals surface area (Å²) in [5.41, 5.74) is 1.26. The van der Waals surface area contributed by atoms with E-state index in [2.05, 4.69) is 17.4 Å². The number of benzene rings is 1. The zero-order valence-electron chi connectivity index (χ0n) is 16.7. The Bertz CT molecular complexity index is 733. The van der Waals surface area contributed by atoms with Crippen molar-refractivity contribution in [3.63, 3.8) is 0 Å². The van der Waals surface area contributed by atoms with Gasteiger partial charge >= 0.3 is 5.97 Å². The van der Waals surface area contributed by atoms with Gasteiger partial charge in [0.05, 0.1) is 30.8 Å². The second-order valence-corrected chi connectivity index (χ2v) is 6.71. The van der Waals surface area contributed by atoms with Gasteiger partial charge in [-0.15, -0.1) is 0 Å². The van der Waals surface area contributed by atoms with Crippen LogP contribution in [0.15, 0.2) is 36.9 Å². The first-order valence-electron chi connectivity index (χ1n) is 8.94. The SMILES string of the molecule is C=CC(=O)N(CCN(C)CC(=O)OC)C1(C=O)CC1.Cc1ccc(C#N)cc1. The number of rotatable bonds is 8. The second-order valence-electron chi connectivity index (χ2n) is 6.71. The minimum atomic E-state index is -0.655. The molecule has 7 nitrogen and oxygen atoms in total. The molecule has 0 heterocycles. The van der Waals surface area contributed by atoms with Crippen LogP contribution in [0, 0.1) is 18.3 Å². The number of likely N-dealkylation sites (N-methyl/N-ethyl adjacent to an activating group) is 1. The predicted molar refractivity (Wildman–Crippen MR) is 105 cm³/mol. The number of esters is 1. The van der Waals surface area contributed by atoms with Gasteiger partial charge in [0.1, 0.15) is 6.29 Å². The highest BCUT2D eigenvalue weighted by atomic mass is 16.5. The van der Waals surface area contributed by atoms with Crippen LogP contribution in [0.3, 0.4) is 0 Å². The Hall–Kier alpha value is -2.98. The molecule has 1 aromatic rings. The van der Waals surface area contributed by atoms with Gasteiger partial charge in [0.15, 0.2) is 0 Å². The van der Waals surface area contributed by atoms with Gasteiger partial charge in [0.2, 0.25) is 5.91 Å². The Morgan fingerprint density at radius 3 is 2.32 bits per heavy atom. The van der Waals surface area contributed by atoms with Crippen LogP contribution in [-0.2, 0) is 19.1 Å². The summed E-state index contributed by atoms with van der Waals surface area (Å²) < 4.78 is 4.56. The number of nitrogens with zero attached hydrogens (tertiary/aromatic N) is 3. The standard InChI is InChI=1S/C13H20N2O4.C8H7N/c1-4-11(17)15(13(10-16)5-6-13)8-7-14(2)9-12(18)19-3;1-7-2-4-8(6-9)5-3-7/h4,10H,1,5-9H2,2-3H3;2-5H,1H3. The molecule has 1 saturated carbocycles. The average molecular weight is 385 g/mol. The molecule has 1 aliphatic rings. The molecular weight excluding hydrogens is 358 g/mol. The number of aldehydes is 1. The van der Waals surface area contributed by atoms with Crippen molar-refractivity contribution in [3.05, 3.63) is 48.0 Å². The summed E-state index contributed by atoms with van der Waals surface area (Å²) in [7, 11) is 3.09. The lowest BCUT2D eigenvalue weighted by Crippen LogP contribution is -2.46. The van der Waals surface area contributed by atoms with E-state index in [1.807, 2.05) is 31.2 Å². The smallest absolute Gasteiger partial charge is 0.319 e. The topological polar surface area (TPSA) is 90.7 Å². The maximum Gasteiger partial charge on any atom is 0.319 e. The van der Waals surface area contributed by atoms with E-state index in [1.54, 1.807) is 11.9 Å². The Morgan fingerprint density at radius 2 is 1.89 bits per heavy atom. The molecule has 0 aliphatic heterocycles. The highest BCUT2D eigenvalue weighted by Crippen LogP contribution is 2.39. The number of ether oxygens (including phenoxy) is 1. The lowest BCUT2D eigenvalue weighted by Gasteiger charge is -2.29. The van der Waals surface area contributed by atoms with Crippen LogP contribution in [-0.4, -0.2) is 67.3 Å². The van der Waals surface area contributed by atoms with Crippen LogP contribution >= 0.6 is 0 Å². The Morgan fingerprint density at radius 1 is 1.29 bits per heavy atom. The van der Waals surface area contributed by atoms with E-state index >= 15 is 0 Å². The molecular formula is C21H27N3O4. The molecule has 1 aliphatic carbocycles. The minimum Gasteiger partial charge on any atom is -0.468 e. The van der Waals surface area contributed by atoms with Crippen molar-refractivity contribution in [1.29, 1.82) is 5.26 Å². The number of hydrogen-bond acceptors (Lipinski definition) is 6. The third kappa shape index (κ3) is 6.97. The predicted octanol–water partition coefficient (Wildman–Crippen LogP) is 1.70. The van der Waals surface area contributed by atoms with Gasteiger partial charge < -0.3 is 14.4 Å². The third-order valence-electron chi connectivity index (χ3n) is 4.47. The quantitative estimate of drug-likeness (QED) is 0.384. The van der Waals surface area contributed by atoms with Crippen molar-refractivity contribution < 1.29 is 19.1 Å². The summed E-state index contributed by atoms with van der Waals surface area (Å²) in [6.45, 7) is 6.48. The molecule has 2 rings (SSSR count). The van der Waals surface area contributed by atoms with Gasteiger partial charge in [-0.25, -0.2) is 0 Å². The molecule has 0 saturated heterocycles. The largest absolute Gasteiger partial charge is 0.468 e. The van der Waals surface area contributed by atoms with Crippen molar-refractivity contribution in [2.75, 3.05) is 33.8 Å². The van der Waals surface area contributed by atoms with E-state index < -0.39 is 5.54 Å². The number of nitriles is 1. The summed E-state index contributed by atoms with van der Waals surface area (Å²) in [4.78, 5) is 37.3.